The molecule has 0 aromatic heterocycles. The third-order valence-corrected chi connectivity index (χ3v) is 6.97. The van der Waals surface area contributed by atoms with E-state index in [0.29, 0.717) is 32.5 Å². The number of hydrogen-bond donors (Lipinski definition) is 0. The minimum absolute atomic E-state index is 0.200. The Morgan fingerprint density at radius 2 is 2.09 bits per heavy atom. The third-order valence-electron chi connectivity index (χ3n) is 5.09. The Hall–Kier alpha value is -0.700. The van der Waals surface area contributed by atoms with Gasteiger partial charge in [-0.2, -0.15) is 17.0 Å². The first-order valence-electron chi connectivity index (χ1n) is 7.95. The Labute approximate surface area is 132 Å². The van der Waals surface area contributed by atoms with Crippen LogP contribution in [0.25, 0.3) is 0 Å². The first-order chi connectivity index (χ1) is 10.3. The number of rotatable bonds is 3. The molecule has 0 aromatic rings. The Bertz CT molecular complexity index is 550. The number of amides is 1. The van der Waals surface area contributed by atoms with Crippen LogP contribution in [0, 0.1) is 0 Å². The molecule has 1 amide bonds. The van der Waals surface area contributed by atoms with Crippen molar-refractivity contribution in [1.29, 1.82) is 0 Å². The molecule has 0 aliphatic carbocycles. The first-order valence-corrected chi connectivity index (χ1v) is 9.35. The van der Waals surface area contributed by atoms with Gasteiger partial charge in [0.1, 0.15) is 0 Å². The fourth-order valence-corrected chi connectivity index (χ4v) is 5.03. The van der Waals surface area contributed by atoms with Crippen molar-refractivity contribution in [2.75, 3.05) is 40.3 Å². The Balaban J connectivity index is 1.71. The van der Waals surface area contributed by atoms with E-state index in [1.165, 1.54) is 8.61 Å². The summed E-state index contributed by atoms with van der Waals surface area (Å²) < 4.78 is 33.3. The van der Waals surface area contributed by atoms with Gasteiger partial charge in [-0.1, -0.05) is 0 Å². The van der Waals surface area contributed by atoms with Crippen molar-refractivity contribution in [2.45, 2.75) is 43.7 Å². The van der Waals surface area contributed by atoms with Crippen molar-refractivity contribution in [3.63, 3.8) is 0 Å². The van der Waals surface area contributed by atoms with Gasteiger partial charge in [-0.25, -0.2) is 0 Å². The largest absolute Gasteiger partial charge is 0.373 e. The Kier molecular flexibility index (Phi) is 4.22. The molecule has 0 unspecified atom stereocenters. The highest BCUT2D eigenvalue weighted by atomic mass is 32.2. The molecule has 3 fully saturated rings. The summed E-state index contributed by atoms with van der Waals surface area (Å²) in [5, 5.41) is 0. The highest BCUT2D eigenvalue weighted by molar-refractivity contribution is 7.86. The second kappa shape index (κ2) is 5.74. The number of likely N-dealkylation sites (tertiary alicyclic amines) is 1. The van der Waals surface area contributed by atoms with Crippen LogP contribution in [0.15, 0.2) is 0 Å². The molecule has 3 rings (SSSR count). The molecule has 3 aliphatic heterocycles. The smallest absolute Gasteiger partial charge is 0.281 e. The maximum absolute atomic E-state index is 12.3. The molecule has 0 aromatic carbocycles. The highest BCUT2D eigenvalue weighted by Gasteiger charge is 2.48. The van der Waals surface area contributed by atoms with Gasteiger partial charge in [0.25, 0.3) is 10.2 Å². The fourth-order valence-electron chi connectivity index (χ4n) is 3.84. The van der Waals surface area contributed by atoms with Crippen molar-refractivity contribution in [3.05, 3.63) is 0 Å². The normalized spacial score (nSPS) is 34.2. The van der Waals surface area contributed by atoms with Gasteiger partial charge in [-0.05, 0) is 25.7 Å². The summed E-state index contributed by atoms with van der Waals surface area (Å²) in [7, 11) is -0.294. The average Bonchev–Trinajstić information content (AvgIpc) is 3.06. The minimum atomic E-state index is -3.39. The van der Waals surface area contributed by atoms with Crippen LogP contribution in [0.1, 0.15) is 32.1 Å². The zero-order valence-corrected chi connectivity index (χ0v) is 14.1. The maximum Gasteiger partial charge on any atom is 0.281 e. The van der Waals surface area contributed by atoms with E-state index in [-0.39, 0.29) is 11.9 Å². The molecule has 0 bridgehead atoms. The molecule has 7 nitrogen and oxygen atoms in total. The van der Waals surface area contributed by atoms with Crippen LogP contribution < -0.4 is 0 Å². The minimum Gasteiger partial charge on any atom is -0.373 e. The van der Waals surface area contributed by atoms with Crippen molar-refractivity contribution in [1.82, 2.24) is 13.5 Å². The van der Waals surface area contributed by atoms with E-state index in [4.69, 9.17) is 4.74 Å². The topological polar surface area (TPSA) is 70.2 Å². The zero-order valence-electron chi connectivity index (χ0n) is 13.3. The van der Waals surface area contributed by atoms with Crippen LogP contribution in [-0.2, 0) is 19.7 Å². The summed E-state index contributed by atoms with van der Waals surface area (Å²) in [6.07, 6.45) is 3.89. The molecule has 3 saturated heterocycles. The molecule has 126 valence electrons. The number of carbonyl (C=O) groups excluding carboxylic acids is 1. The van der Waals surface area contributed by atoms with Crippen LogP contribution in [-0.4, -0.2) is 79.8 Å². The molecule has 22 heavy (non-hydrogen) atoms. The number of nitrogens with zero attached hydrogens (tertiary/aromatic N) is 3. The van der Waals surface area contributed by atoms with Gasteiger partial charge < -0.3 is 9.64 Å². The molecule has 3 heterocycles. The molecule has 0 radical (unpaired) electrons. The van der Waals surface area contributed by atoms with Gasteiger partial charge in [0, 0.05) is 52.8 Å². The van der Waals surface area contributed by atoms with Crippen LogP contribution in [0.3, 0.4) is 0 Å². The van der Waals surface area contributed by atoms with Gasteiger partial charge in [0.15, 0.2) is 0 Å². The molecular weight excluding hydrogens is 306 g/mol. The van der Waals surface area contributed by atoms with Gasteiger partial charge in [-0.3, -0.25) is 4.79 Å². The lowest BCUT2D eigenvalue weighted by molar-refractivity contribution is -0.137. The molecule has 1 spiro atoms. The number of carbonyl (C=O) groups is 1. The van der Waals surface area contributed by atoms with E-state index in [1.807, 2.05) is 4.90 Å². The quantitative estimate of drug-likeness (QED) is 0.732. The summed E-state index contributed by atoms with van der Waals surface area (Å²) in [6, 6.07) is 0.200. The molecular formula is C14H25N3O4S. The van der Waals surface area contributed by atoms with Gasteiger partial charge in [0.2, 0.25) is 5.91 Å². The van der Waals surface area contributed by atoms with E-state index < -0.39 is 15.8 Å². The van der Waals surface area contributed by atoms with Gasteiger partial charge in [-0.15, -0.1) is 0 Å². The lowest BCUT2D eigenvalue weighted by Crippen LogP contribution is -2.51. The summed E-state index contributed by atoms with van der Waals surface area (Å²) in [5.41, 5.74) is -0.422. The van der Waals surface area contributed by atoms with E-state index >= 15 is 0 Å². The highest BCUT2D eigenvalue weighted by Crippen LogP contribution is 2.38. The summed E-state index contributed by atoms with van der Waals surface area (Å²) in [5.74, 6) is 0.234. The second-order valence-electron chi connectivity index (χ2n) is 6.74. The van der Waals surface area contributed by atoms with Crippen LogP contribution in [0.5, 0.6) is 0 Å². The van der Waals surface area contributed by atoms with Crippen LogP contribution in [0.2, 0.25) is 0 Å². The van der Waals surface area contributed by atoms with Crippen molar-refractivity contribution >= 4 is 16.1 Å². The van der Waals surface area contributed by atoms with Gasteiger partial charge in [0.05, 0.1) is 5.60 Å². The predicted molar refractivity (Wildman–Crippen MR) is 81.4 cm³/mol. The van der Waals surface area contributed by atoms with E-state index in [0.717, 1.165) is 25.8 Å². The van der Waals surface area contributed by atoms with Crippen molar-refractivity contribution < 1.29 is 17.9 Å². The lowest BCUT2D eigenvalue weighted by atomic mass is 9.89. The van der Waals surface area contributed by atoms with Crippen molar-refractivity contribution in [3.8, 4) is 0 Å². The number of ether oxygens (including phenoxy) is 1. The van der Waals surface area contributed by atoms with Crippen LogP contribution in [0.4, 0.5) is 0 Å². The maximum atomic E-state index is 12.3. The van der Waals surface area contributed by atoms with Gasteiger partial charge >= 0.3 is 0 Å². The SMILES string of the molecule is CN(C)S(=O)(=O)N1CC[C@@]2(C[C@@H](N3CCCC3=O)CCO2)C1. The summed E-state index contributed by atoms with van der Waals surface area (Å²) in [6.45, 7) is 2.32. The third kappa shape index (κ3) is 2.77. The van der Waals surface area contributed by atoms with E-state index in [2.05, 4.69) is 0 Å². The second-order valence-corrected chi connectivity index (χ2v) is 8.88. The monoisotopic (exact) mass is 331 g/mol. The van der Waals surface area contributed by atoms with Crippen LogP contribution >= 0.6 is 0 Å². The predicted octanol–water partition coefficient (Wildman–Crippen LogP) is 0.0387. The molecule has 0 N–H and O–H groups in total. The summed E-state index contributed by atoms with van der Waals surface area (Å²) in [4.78, 5) is 13.9. The molecule has 8 heteroatoms. The van der Waals surface area contributed by atoms with E-state index in [1.54, 1.807) is 14.1 Å². The standard InChI is InChI=1S/C14H25N3O4S/c1-15(2)22(19,20)16-8-6-14(11-16)10-12(5-9-21-14)17-7-3-4-13(17)18/h12H,3-11H2,1-2H3/t12-,14+/m0/s1. The molecule has 2 atom stereocenters. The fraction of sp³-hybridized carbons (Fsp3) is 0.929. The van der Waals surface area contributed by atoms with Crippen molar-refractivity contribution in [2.24, 2.45) is 0 Å². The summed E-state index contributed by atoms with van der Waals surface area (Å²) >= 11 is 0. The average molecular weight is 331 g/mol. The molecule has 0 saturated carbocycles. The molecule has 3 aliphatic rings. The lowest BCUT2D eigenvalue weighted by Gasteiger charge is -2.41. The number of hydrogen-bond acceptors (Lipinski definition) is 4. The zero-order chi connectivity index (χ0) is 16.0. The first kappa shape index (κ1) is 16.2. The van der Waals surface area contributed by atoms with E-state index in [9.17, 15) is 13.2 Å². The Morgan fingerprint density at radius 1 is 1.32 bits per heavy atom. The Morgan fingerprint density at radius 3 is 2.73 bits per heavy atom.